The lowest BCUT2D eigenvalue weighted by Crippen LogP contribution is -2.33. The topological polar surface area (TPSA) is 102 Å². The molecule has 1 heterocycles. The Morgan fingerprint density at radius 1 is 1.27 bits per heavy atom. The van der Waals surface area contributed by atoms with Crippen LogP contribution in [0.4, 0.5) is 0 Å². The largest absolute Gasteiger partial charge is 0.497 e. The molecule has 8 nitrogen and oxygen atoms in total. The fourth-order valence-corrected chi connectivity index (χ4v) is 4.31. The number of amides is 1. The van der Waals surface area contributed by atoms with Gasteiger partial charge in [-0.1, -0.05) is 19.9 Å². The van der Waals surface area contributed by atoms with E-state index in [2.05, 4.69) is 29.0 Å². The Morgan fingerprint density at radius 2 is 2.00 bits per heavy atom. The molecule has 0 aliphatic heterocycles. The molecule has 1 amide bonds. The summed E-state index contributed by atoms with van der Waals surface area (Å²) in [7, 11) is -2.11. The first-order chi connectivity index (χ1) is 14.3. The van der Waals surface area contributed by atoms with Gasteiger partial charge in [-0.25, -0.2) is 13.4 Å². The Hall–Kier alpha value is -2.39. The van der Waals surface area contributed by atoms with Crippen LogP contribution in [-0.4, -0.2) is 63.3 Å². The standard InChI is InChI=1S/C21H31N3O5S/c1-5-24(6-2)12-8-11-22-20(25)15-30(26,27)14-19-16(3)29-21(23-19)17-9-7-10-18(13-17)28-4/h7,9-10,13H,5-6,8,11-12,14-15H2,1-4H3,(H,22,25). The number of hydrogen-bond acceptors (Lipinski definition) is 7. The van der Waals surface area contributed by atoms with Gasteiger partial charge in [0, 0.05) is 12.1 Å². The van der Waals surface area contributed by atoms with Crippen molar-refractivity contribution in [2.75, 3.05) is 39.0 Å². The molecule has 0 radical (unpaired) electrons. The van der Waals surface area contributed by atoms with Crippen LogP contribution in [0.3, 0.4) is 0 Å². The highest BCUT2D eigenvalue weighted by atomic mass is 32.2. The van der Waals surface area contributed by atoms with Gasteiger partial charge in [-0.15, -0.1) is 0 Å². The second-order valence-corrected chi connectivity index (χ2v) is 9.08. The molecular weight excluding hydrogens is 406 g/mol. The molecule has 1 aromatic carbocycles. The van der Waals surface area contributed by atoms with Gasteiger partial charge in [-0.05, 0) is 51.2 Å². The van der Waals surface area contributed by atoms with E-state index in [0.29, 0.717) is 35.2 Å². The number of ether oxygens (including phenoxy) is 1. The first-order valence-electron chi connectivity index (χ1n) is 10.1. The Labute approximate surface area is 178 Å². The van der Waals surface area contributed by atoms with Crippen molar-refractivity contribution in [2.24, 2.45) is 0 Å². The normalized spacial score (nSPS) is 11.6. The van der Waals surface area contributed by atoms with E-state index >= 15 is 0 Å². The average molecular weight is 438 g/mol. The van der Waals surface area contributed by atoms with Crippen LogP contribution in [0.25, 0.3) is 11.5 Å². The minimum Gasteiger partial charge on any atom is -0.497 e. The molecule has 0 saturated heterocycles. The molecule has 1 aromatic heterocycles. The van der Waals surface area contributed by atoms with Crippen molar-refractivity contribution in [1.29, 1.82) is 0 Å². The summed E-state index contributed by atoms with van der Waals surface area (Å²) >= 11 is 0. The van der Waals surface area contributed by atoms with Gasteiger partial charge in [0.1, 0.15) is 17.3 Å². The van der Waals surface area contributed by atoms with Crippen molar-refractivity contribution >= 4 is 15.7 Å². The van der Waals surface area contributed by atoms with E-state index in [0.717, 1.165) is 26.1 Å². The van der Waals surface area contributed by atoms with Gasteiger partial charge in [0.15, 0.2) is 9.84 Å². The number of carbonyl (C=O) groups is 1. The second-order valence-electron chi connectivity index (χ2n) is 7.02. The molecule has 0 atom stereocenters. The van der Waals surface area contributed by atoms with Crippen LogP contribution in [0, 0.1) is 6.92 Å². The minimum atomic E-state index is -3.67. The lowest BCUT2D eigenvalue weighted by molar-refractivity contribution is -0.118. The number of oxazole rings is 1. The summed E-state index contributed by atoms with van der Waals surface area (Å²) in [5.41, 5.74) is 0.995. The van der Waals surface area contributed by atoms with Gasteiger partial charge in [0.05, 0.1) is 18.6 Å². The van der Waals surface area contributed by atoms with Crippen LogP contribution in [-0.2, 0) is 20.4 Å². The number of sulfone groups is 1. The zero-order valence-electron chi connectivity index (χ0n) is 18.1. The van der Waals surface area contributed by atoms with Crippen LogP contribution >= 0.6 is 0 Å². The summed E-state index contributed by atoms with van der Waals surface area (Å²) in [6, 6.07) is 7.16. The Kier molecular flexibility index (Phi) is 8.86. The van der Waals surface area contributed by atoms with Crippen molar-refractivity contribution in [3.8, 4) is 17.2 Å². The van der Waals surface area contributed by atoms with Gasteiger partial charge < -0.3 is 19.4 Å². The lowest BCUT2D eigenvalue weighted by atomic mass is 10.2. The lowest BCUT2D eigenvalue weighted by Gasteiger charge is -2.17. The van der Waals surface area contributed by atoms with E-state index < -0.39 is 21.5 Å². The molecule has 0 saturated carbocycles. The number of nitrogens with zero attached hydrogens (tertiary/aromatic N) is 2. The van der Waals surface area contributed by atoms with Crippen molar-refractivity contribution in [2.45, 2.75) is 32.9 Å². The van der Waals surface area contributed by atoms with Gasteiger partial charge >= 0.3 is 0 Å². The molecule has 1 N–H and O–H groups in total. The Bertz CT molecular complexity index is 936. The summed E-state index contributed by atoms with van der Waals surface area (Å²) in [5.74, 6) is -0.0366. The molecule has 2 aromatic rings. The summed E-state index contributed by atoms with van der Waals surface area (Å²) in [6.07, 6.45) is 0.778. The maximum atomic E-state index is 12.5. The van der Waals surface area contributed by atoms with Crippen molar-refractivity contribution in [3.63, 3.8) is 0 Å². The molecule has 0 spiro atoms. The molecule has 2 rings (SSSR count). The SMILES string of the molecule is CCN(CC)CCCNC(=O)CS(=O)(=O)Cc1nc(-c2cccc(OC)c2)oc1C. The number of nitrogens with one attached hydrogen (secondary N) is 1. The van der Waals surface area contributed by atoms with E-state index in [9.17, 15) is 13.2 Å². The smallest absolute Gasteiger partial charge is 0.235 e. The summed E-state index contributed by atoms with van der Waals surface area (Å²) < 4.78 is 35.8. The Balaban J connectivity index is 1.93. The zero-order valence-corrected chi connectivity index (χ0v) is 18.9. The van der Waals surface area contributed by atoms with Crippen LogP contribution in [0.5, 0.6) is 5.75 Å². The molecule has 0 aliphatic rings. The molecular formula is C21H31N3O5S. The van der Waals surface area contributed by atoms with Crippen LogP contribution < -0.4 is 10.1 Å². The number of aromatic nitrogens is 1. The van der Waals surface area contributed by atoms with E-state index in [4.69, 9.17) is 9.15 Å². The van der Waals surface area contributed by atoms with Crippen molar-refractivity contribution < 1.29 is 22.4 Å². The van der Waals surface area contributed by atoms with E-state index in [1.807, 2.05) is 0 Å². The van der Waals surface area contributed by atoms with Gasteiger partial charge in [0.25, 0.3) is 0 Å². The average Bonchev–Trinajstić information content (AvgIpc) is 3.07. The fraction of sp³-hybridized carbons (Fsp3) is 0.524. The Morgan fingerprint density at radius 3 is 2.67 bits per heavy atom. The fourth-order valence-electron chi connectivity index (χ4n) is 3.02. The molecule has 30 heavy (non-hydrogen) atoms. The van der Waals surface area contributed by atoms with Crippen molar-refractivity contribution in [1.82, 2.24) is 15.2 Å². The molecule has 0 bridgehead atoms. The molecule has 166 valence electrons. The third-order valence-electron chi connectivity index (χ3n) is 4.78. The minimum absolute atomic E-state index is 0.308. The van der Waals surface area contributed by atoms with Crippen LogP contribution in [0.1, 0.15) is 31.7 Å². The van der Waals surface area contributed by atoms with Crippen molar-refractivity contribution in [3.05, 3.63) is 35.7 Å². The number of benzene rings is 1. The first kappa shape index (κ1) is 23.9. The monoisotopic (exact) mass is 437 g/mol. The highest BCUT2D eigenvalue weighted by Crippen LogP contribution is 2.26. The third-order valence-corrected chi connectivity index (χ3v) is 6.20. The summed E-state index contributed by atoms with van der Waals surface area (Å²) in [4.78, 5) is 18.6. The number of carbonyl (C=O) groups excluding carboxylic acids is 1. The second kappa shape index (κ2) is 11.1. The highest BCUT2D eigenvalue weighted by Gasteiger charge is 2.22. The van der Waals surface area contributed by atoms with Gasteiger partial charge in [-0.3, -0.25) is 4.79 Å². The van der Waals surface area contributed by atoms with Gasteiger partial charge in [-0.2, -0.15) is 0 Å². The predicted molar refractivity (Wildman–Crippen MR) is 116 cm³/mol. The maximum absolute atomic E-state index is 12.5. The molecule has 9 heteroatoms. The first-order valence-corrected chi connectivity index (χ1v) is 11.9. The molecule has 0 fully saturated rings. The van der Waals surface area contributed by atoms with Gasteiger partial charge in [0.2, 0.25) is 11.8 Å². The number of hydrogen-bond donors (Lipinski definition) is 1. The van der Waals surface area contributed by atoms with E-state index in [1.165, 1.54) is 0 Å². The van der Waals surface area contributed by atoms with E-state index in [1.54, 1.807) is 38.3 Å². The number of methoxy groups -OCH3 is 1. The zero-order chi connectivity index (χ0) is 22.1. The highest BCUT2D eigenvalue weighted by molar-refractivity contribution is 7.91. The quantitative estimate of drug-likeness (QED) is 0.509. The molecule has 0 aliphatic carbocycles. The third kappa shape index (κ3) is 7.14. The summed E-state index contributed by atoms with van der Waals surface area (Å²) in [6.45, 7) is 9.05. The van der Waals surface area contributed by atoms with Crippen LogP contribution in [0.15, 0.2) is 28.7 Å². The number of rotatable bonds is 12. The van der Waals surface area contributed by atoms with E-state index in [-0.39, 0.29) is 5.75 Å². The van der Waals surface area contributed by atoms with Crippen LogP contribution in [0.2, 0.25) is 0 Å². The predicted octanol–water partition coefficient (Wildman–Crippen LogP) is 2.42. The number of aryl methyl sites for hydroxylation is 1. The molecule has 0 unspecified atom stereocenters. The summed E-state index contributed by atoms with van der Waals surface area (Å²) in [5, 5.41) is 2.68. The maximum Gasteiger partial charge on any atom is 0.235 e.